The molecule has 0 aliphatic rings. The molecule has 0 saturated carbocycles. The molecule has 1 aromatic carbocycles. The number of nitrogens with zero attached hydrogens (tertiary/aromatic N) is 2. The minimum atomic E-state index is -0.683. The number of amides is 1. The fourth-order valence-corrected chi connectivity index (χ4v) is 2.17. The zero-order valence-corrected chi connectivity index (χ0v) is 12.5. The molecule has 0 aliphatic carbocycles. The van der Waals surface area contributed by atoms with Crippen LogP contribution < -0.4 is 0 Å². The molecule has 0 aromatic heterocycles. The Morgan fingerprint density at radius 1 is 1.32 bits per heavy atom. The van der Waals surface area contributed by atoms with Crippen LogP contribution in [0.5, 0.6) is 0 Å². The van der Waals surface area contributed by atoms with E-state index in [4.69, 9.17) is 28.5 Å². The molecule has 0 saturated heterocycles. The molecule has 0 spiro atoms. The molecule has 0 aliphatic heterocycles. The first-order valence-corrected chi connectivity index (χ1v) is 6.91. The Bertz CT molecular complexity index is 493. The first-order valence-electron chi connectivity index (χ1n) is 6.15. The molecule has 19 heavy (non-hydrogen) atoms. The number of carbonyl (C=O) groups is 1. The first kappa shape index (κ1) is 15.8. The summed E-state index contributed by atoms with van der Waals surface area (Å²) in [6.07, 6.45) is 0.350. The van der Waals surface area contributed by atoms with E-state index in [1.807, 2.05) is 13.8 Å². The van der Waals surface area contributed by atoms with Gasteiger partial charge in [0.15, 0.2) is 0 Å². The second-order valence-electron chi connectivity index (χ2n) is 4.14. The monoisotopic (exact) mass is 298 g/mol. The zero-order valence-electron chi connectivity index (χ0n) is 11.0. The van der Waals surface area contributed by atoms with Crippen molar-refractivity contribution in [3.8, 4) is 6.07 Å². The number of halogens is 2. The predicted molar refractivity (Wildman–Crippen MR) is 77.2 cm³/mol. The molecule has 1 aromatic rings. The van der Waals surface area contributed by atoms with E-state index >= 15 is 0 Å². The molecule has 3 nitrogen and oxygen atoms in total. The van der Waals surface area contributed by atoms with Gasteiger partial charge in [0.2, 0.25) is 5.91 Å². The smallest absolute Gasteiger partial charge is 0.240 e. The highest BCUT2D eigenvalue weighted by atomic mass is 35.5. The summed E-state index contributed by atoms with van der Waals surface area (Å²) in [4.78, 5) is 13.8. The highest BCUT2D eigenvalue weighted by Gasteiger charge is 2.22. The van der Waals surface area contributed by atoms with Crippen molar-refractivity contribution in [3.05, 3.63) is 33.8 Å². The summed E-state index contributed by atoms with van der Waals surface area (Å²) in [7, 11) is 0. The number of hydrogen-bond acceptors (Lipinski definition) is 2. The average molecular weight is 299 g/mol. The predicted octanol–water partition coefficient (Wildman–Crippen LogP) is 3.54. The van der Waals surface area contributed by atoms with Gasteiger partial charge in [0.05, 0.1) is 16.1 Å². The van der Waals surface area contributed by atoms with E-state index in [0.29, 0.717) is 29.6 Å². The lowest BCUT2D eigenvalue weighted by atomic mass is 9.99. The summed E-state index contributed by atoms with van der Waals surface area (Å²) in [6.45, 7) is 5.01. The maximum Gasteiger partial charge on any atom is 0.240 e. The number of carbonyl (C=O) groups excluding carboxylic acids is 1. The fourth-order valence-electron chi connectivity index (χ4n) is 1.85. The Morgan fingerprint density at radius 3 is 2.42 bits per heavy atom. The quantitative estimate of drug-likeness (QED) is 0.834. The zero-order chi connectivity index (χ0) is 14.4. The van der Waals surface area contributed by atoms with Crippen LogP contribution in [0.4, 0.5) is 0 Å². The van der Waals surface area contributed by atoms with Gasteiger partial charge in [0.1, 0.15) is 5.92 Å². The van der Waals surface area contributed by atoms with E-state index in [2.05, 4.69) is 6.07 Å². The van der Waals surface area contributed by atoms with Gasteiger partial charge >= 0.3 is 0 Å². The van der Waals surface area contributed by atoms with Crippen LogP contribution in [-0.2, 0) is 11.2 Å². The summed E-state index contributed by atoms with van der Waals surface area (Å²) in [6, 6.07) is 7.23. The van der Waals surface area contributed by atoms with Gasteiger partial charge in [-0.1, -0.05) is 29.3 Å². The van der Waals surface area contributed by atoms with E-state index in [0.717, 1.165) is 5.56 Å². The van der Waals surface area contributed by atoms with Crippen LogP contribution in [0.1, 0.15) is 19.4 Å². The van der Waals surface area contributed by atoms with Crippen LogP contribution in [0.3, 0.4) is 0 Å². The standard InChI is InChI=1S/C14H16Cl2N2O/c1-3-18(4-2)14(19)11(9-17)7-10-5-6-12(15)13(16)8-10/h5-6,8,11H,3-4,7H2,1-2H3. The van der Waals surface area contributed by atoms with Crippen molar-refractivity contribution in [2.45, 2.75) is 20.3 Å². The van der Waals surface area contributed by atoms with Gasteiger partial charge in [-0.25, -0.2) is 0 Å². The van der Waals surface area contributed by atoms with Crippen LogP contribution >= 0.6 is 23.2 Å². The number of rotatable bonds is 5. The van der Waals surface area contributed by atoms with Gasteiger partial charge in [0, 0.05) is 13.1 Å². The lowest BCUT2D eigenvalue weighted by Crippen LogP contribution is -2.36. The maximum absolute atomic E-state index is 12.1. The summed E-state index contributed by atoms with van der Waals surface area (Å²) in [5, 5.41) is 10.1. The number of hydrogen-bond donors (Lipinski definition) is 0. The Labute approximate surface area is 123 Å². The molecule has 0 heterocycles. The number of benzene rings is 1. The van der Waals surface area contributed by atoms with Gasteiger partial charge in [-0.3, -0.25) is 4.79 Å². The molecule has 1 rings (SSSR count). The van der Waals surface area contributed by atoms with Crippen LogP contribution in [0, 0.1) is 17.2 Å². The van der Waals surface area contributed by atoms with Crippen molar-refractivity contribution in [1.82, 2.24) is 4.90 Å². The molecular weight excluding hydrogens is 283 g/mol. The Morgan fingerprint density at radius 2 is 1.95 bits per heavy atom. The largest absolute Gasteiger partial charge is 0.342 e. The molecule has 0 N–H and O–H groups in total. The fraction of sp³-hybridized carbons (Fsp3) is 0.429. The van der Waals surface area contributed by atoms with Crippen molar-refractivity contribution < 1.29 is 4.79 Å². The van der Waals surface area contributed by atoms with Crippen LogP contribution in [-0.4, -0.2) is 23.9 Å². The lowest BCUT2D eigenvalue weighted by molar-refractivity contribution is -0.133. The Balaban J connectivity index is 2.85. The third-order valence-electron chi connectivity index (χ3n) is 2.95. The van der Waals surface area contributed by atoms with Gasteiger partial charge in [0.25, 0.3) is 0 Å². The summed E-state index contributed by atoms with van der Waals surface area (Å²) in [5.41, 5.74) is 0.835. The summed E-state index contributed by atoms with van der Waals surface area (Å²) in [5.74, 6) is -0.823. The molecule has 1 atom stereocenters. The SMILES string of the molecule is CCN(CC)C(=O)C(C#N)Cc1ccc(Cl)c(Cl)c1. The van der Waals surface area contributed by atoms with Gasteiger partial charge in [-0.15, -0.1) is 0 Å². The maximum atomic E-state index is 12.1. The number of nitriles is 1. The third kappa shape index (κ3) is 4.12. The minimum Gasteiger partial charge on any atom is -0.342 e. The molecule has 0 radical (unpaired) electrons. The first-order chi connectivity index (χ1) is 9.03. The van der Waals surface area contributed by atoms with Crippen molar-refractivity contribution in [3.63, 3.8) is 0 Å². The molecule has 1 unspecified atom stereocenters. The van der Waals surface area contributed by atoms with Gasteiger partial charge < -0.3 is 4.90 Å². The molecule has 0 bridgehead atoms. The topological polar surface area (TPSA) is 44.1 Å². The van der Waals surface area contributed by atoms with Crippen molar-refractivity contribution in [1.29, 1.82) is 5.26 Å². The van der Waals surface area contributed by atoms with Gasteiger partial charge in [-0.05, 0) is 38.0 Å². The lowest BCUT2D eigenvalue weighted by Gasteiger charge is -2.21. The van der Waals surface area contributed by atoms with Crippen molar-refractivity contribution >= 4 is 29.1 Å². The third-order valence-corrected chi connectivity index (χ3v) is 3.69. The van der Waals surface area contributed by atoms with E-state index in [9.17, 15) is 4.79 Å². The second-order valence-corrected chi connectivity index (χ2v) is 4.96. The van der Waals surface area contributed by atoms with Crippen molar-refractivity contribution in [2.75, 3.05) is 13.1 Å². The van der Waals surface area contributed by atoms with Crippen LogP contribution in [0.2, 0.25) is 10.0 Å². The van der Waals surface area contributed by atoms with Crippen molar-refractivity contribution in [2.24, 2.45) is 5.92 Å². The van der Waals surface area contributed by atoms with E-state index in [1.54, 1.807) is 23.1 Å². The normalized spacial score (nSPS) is 11.7. The van der Waals surface area contributed by atoms with Crippen LogP contribution in [0.25, 0.3) is 0 Å². The van der Waals surface area contributed by atoms with E-state index in [1.165, 1.54) is 0 Å². The average Bonchev–Trinajstić information content (AvgIpc) is 2.41. The Hall–Kier alpha value is -1.24. The summed E-state index contributed by atoms with van der Waals surface area (Å²) >= 11 is 11.8. The van der Waals surface area contributed by atoms with Gasteiger partial charge in [-0.2, -0.15) is 5.26 Å². The highest BCUT2D eigenvalue weighted by molar-refractivity contribution is 6.42. The molecule has 102 valence electrons. The molecule has 1 amide bonds. The van der Waals surface area contributed by atoms with E-state index < -0.39 is 5.92 Å². The van der Waals surface area contributed by atoms with E-state index in [-0.39, 0.29) is 5.91 Å². The molecule has 0 fully saturated rings. The Kier molecular flexibility index (Phi) is 6.14. The minimum absolute atomic E-state index is 0.140. The molecule has 5 heteroatoms. The highest BCUT2D eigenvalue weighted by Crippen LogP contribution is 2.24. The van der Waals surface area contributed by atoms with Crippen LogP contribution in [0.15, 0.2) is 18.2 Å². The summed E-state index contributed by atoms with van der Waals surface area (Å²) < 4.78 is 0. The second kappa shape index (κ2) is 7.37. The molecular formula is C14H16Cl2N2O.